The van der Waals surface area contributed by atoms with Crippen molar-refractivity contribution in [1.29, 1.82) is 0 Å². The minimum atomic E-state index is -0.467. The number of likely N-dealkylation sites (N-methyl/N-ethyl adjacent to an activating group) is 2. The molecule has 0 unspecified atom stereocenters. The van der Waals surface area contributed by atoms with Crippen LogP contribution in [0.25, 0.3) is 0 Å². The third-order valence-corrected chi connectivity index (χ3v) is 2.32. The van der Waals surface area contributed by atoms with E-state index in [9.17, 15) is 4.79 Å². The summed E-state index contributed by atoms with van der Waals surface area (Å²) in [6, 6.07) is 0. The molecule has 102 valence electrons. The lowest BCUT2D eigenvalue weighted by atomic mass is 10.2. The Labute approximate surface area is 107 Å². The third kappa shape index (κ3) is 9.22. The van der Waals surface area contributed by atoms with Crippen LogP contribution in [0.3, 0.4) is 0 Å². The number of ether oxygens (including phenoxy) is 1. The van der Waals surface area contributed by atoms with Crippen molar-refractivity contribution in [2.45, 2.75) is 26.4 Å². The number of carbonyl (C=O) groups excluding carboxylic acids is 1. The summed E-state index contributed by atoms with van der Waals surface area (Å²) in [5, 5.41) is 0. The predicted molar refractivity (Wildman–Crippen MR) is 67.2 cm³/mol. The fourth-order valence-corrected chi connectivity index (χ4v) is 1.16. The summed E-state index contributed by atoms with van der Waals surface area (Å²) >= 11 is 1.08. The normalized spacial score (nSPS) is 11.7. The van der Waals surface area contributed by atoms with Gasteiger partial charge in [0.25, 0.3) is 0 Å². The van der Waals surface area contributed by atoms with Crippen molar-refractivity contribution in [3.8, 4) is 0 Å². The molecule has 7 heteroatoms. The lowest BCUT2D eigenvalue weighted by Crippen LogP contribution is -2.37. The zero-order valence-corrected chi connectivity index (χ0v) is 12.2. The fourth-order valence-electron chi connectivity index (χ4n) is 0.842. The Bertz CT molecular complexity index is 233. The molecule has 0 N–H and O–H groups in total. The maximum Gasteiger partial charge on any atom is 0.410 e. The van der Waals surface area contributed by atoms with E-state index in [4.69, 9.17) is 4.74 Å². The van der Waals surface area contributed by atoms with Crippen LogP contribution in [0.5, 0.6) is 0 Å². The molecule has 0 rings (SSSR count). The maximum absolute atomic E-state index is 11.6. The largest absolute Gasteiger partial charge is 0.444 e. The number of nitrogens with zero attached hydrogens (tertiary/aromatic N) is 2. The van der Waals surface area contributed by atoms with Gasteiger partial charge in [0.15, 0.2) is 0 Å². The van der Waals surface area contributed by atoms with Crippen molar-refractivity contribution in [3.63, 3.8) is 0 Å². The van der Waals surface area contributed by atoms with Crippen molar-refractivity contribution >= 4 is 18.3 Å². The van der Waals surface area contributed by atoms with Gasteiger partial charge in [0, 0.05) is 20.1 Å². The molecule has 0 saturated carbocycles. The van der Waals surface area contributed by atoms with Gasteiger partial charge in [0.05, 0.1) is 7.11 Å². The molecule has 0 atom stereocenters. The first kappa shape index (κ1) is 16.5. The first-order chi connectivity index (χ1) is 7.76. The Morgan fingerprint density at radius 1 is 1.24 bits per heavy atom. The van der Waals surface area contributed by atoms with E-state index in [2.05, 4.69) is 9.22 Å². The molecule has 0 fully saturated rings. The van der Waals surface area contributed by atoms with E-state index in [1.165, 1.54) is 12.0 Å². The van der Waals surface area contributed by atoms with E-state index in [0.717, 1.165) is 12.2 Å². The molecule has 0 aromatic heterocycles. The monoisotopic (exact) mass is 266 g/mol. The fraction of sp³-hybridized carbons (Fsp3) is 0.900. The van der Waals surface area contributed by atoms with Crippen LogP contribution in [-0.2, 0) is 14.0 Å². The van der Waals surface area contributed by atoms with Gasteiger partial charge in [-0.3, -0.25) is 0 Å². The van der Waals surface area contributed by atoms with Gasteiger partial charge in [-0.25, -0.2) is 14.0 Å². The molecule has 0 aromatic rings. The van der Waals surface area contributed by atoms with Gasteiger partial charge >= 0.3 is 6.09 Å². The summed E-state index contributed by atoms with van der Waals surface area (Å²) in [5.74, 6) is 0. The number of rotatable bonds is 6. The molecule has 0 saturated heterocycles. The van der Waals surface area contributed by atoms with E-state index in [-0.39, 0.29) is 6.09 Å². The molecule has 0 aliphatic carbocycles. The number of amides is 1. The molecule has 0 spiro atoms. The van der Waals surface area contributed by atoms with Gasteiger partial charge in [-0.2, -0.15) is 0 Å². The second kappa shape index (κ2) is 7.75. The summed E-state index contributed by atoms with van der Waals surface area (Å²) < 4.78 is 11.7. The Kier molecular flexibility index (Phi) is 7.53. The van der Waals surface area contributed by atoms with Crippen LogP contribution in [0.2, 0.25) is 0 Å². The average Bonchev–Trinajstić information content (AvgIpc) is 2.20. The van der Waals surface area contributed by atoms with Crippen LogP contribution < -0.4 is 0 Å². The van der Waals surface area contributed by atoms with Crippen LogP contribution in [0.15, 0.2) is 0 Å². The average molecular weight is 266 g/mol. The van der Waals surface area contributed by atoms with Crippen LogP contribution in [0.1, 0.15) is 20.8 Å². The standard InChI is InChI=1S/C10H22N2O4S/c1-10(2,3)15-9(13)11(4)7-8-12(5)17-16-14-6/h7-8H2,1-6H3. The molecule has 0 bridgehead atoms. The first-order valence-electron chi connectivity index (χ1n) is 5.29. The Balaban J connectivity index is 3.85. The van der Waals surface area contributed by atoms with Crippen molar-refractivity contribution < 1.29 is 18.8 Å². The summed E-state index contributed by atoms with van der Waals surface area (Å²) in [5.41, 5.74) is -0.467. The van der Waals surface area contributed by atoms with Crippen LogP contribution in [-0.4, -0.2) is 55.2 Å². The highest BCUT2D eigenvalue weighted by Crippen LogP contribution is 2.10. The van der Waals surface area contributed by atoms with Gasteiger partial charge < -0.3 is 9.64 Å². The van der Waals surface area contributed by atoms with Crippen molar-refractivity contribution in [2.24, 2.45) is 0 Å². The molecule has 1 amide bonds. The van der Waals surface area contributed by atoms with E-state index in [0.29, 0.717) is 13.1 Å². The molecule has 0 aliphatic rings. The molecule has 0 aromatic carbocycles. The van der Waals surface area contributed by atoms with Gasteiger partial charge in [-0.1, -0.05) is 0 Å². The number of hydrogen-bond donors (Lipinski definition) is 0. The molecular formula is C10H22N2O4S. The molecule has 0 heterocycles. The minimum Gasteiger partial charge on any atom is -0.444 e. The Morgan fingerprint density at radius 2 is 1.82 bits per heavy atom. The lowest BCUT2D eigenvalue weighted by molar-refractivity contribution is -0.163. The Hall–Kier alpha value is -0.500. The highest BCUT2D eigenvalue weighted by Gasteiger charge is 2.19. The zero-order chi connectivity index (χ0) is 13.5. The second-order valence-electron chi connectivity index (χ2n) is 4.56. The highest BCUT2D eigenvalue weighted by atomic mass is 32.2. The summed E-state index contributed by atoms with van der Waals surface area (Å²) in [4.78, 5) is 17.6. The summed E-state index contributed by atoms with van der Waals surface area (Å²) in [6.07, 6.45) is -0.330. The number of carbonyl (C=O) groups is 1. The summed E-state index contributed by atoms with van der Waals surface area (Å²) in [7, 11) is 4.98. The predicted octanol–water partition coefficient (Wildman–Crippen LogP) is 1.93. The smallest absolute Gasteiger partial charge is 0.410 e. The highest BCUT2D eigenvalue weighted by molar-refractivity contribution is 7.92. The van der Waals surface area contributed by atoms with Gasteiger partial charge in [0.2, 0.25) is 0 Å². The maximum atomic E-state index is 11.6. The molecule has 6 nitrogen and oxygen atoms in total. The minimum absolute atomic E-state index is 0.330. The topological polar surface area (TPSA) is 51.2 Å². The second-order valence-corrected chi connectivity index (χ2v) is 5.47. The molecule has 0 radical (unpaired) electrons. The van der Waals surface area contributed by atoms with Crippen LogP contribution >= 0.6 is 12.2 Å². The quantitative estimate of drug-likeness (QED) is 0.317. The third-order valence-electron chi connectivity index (χ3n) is 1.68. The van der Waals surface area contributed by atoms with E-state index in [1.807, 2.05) is 32.1 Å². The zero-order valence-electron chi connectivity index (χ0n) is 11.3. The van der Waals surface area contributed by atoms with Gasteiger partial charge in [-0.05, 0) is 27.8 Å². The van der Waals surface area contributed by atoms with Gasteiger partial charge in [0.1, 0.15) is 17.8 Å². The first-order valence-corrected chi connectivity index (χ1v) is 5.99. The lowest BCUT2D eigenvalue weighted by Gasteiger charge is -2.25. The van der Waals surface area contributed by atoms with E-state index < -0.39 is 5.60 Å². The number of hydrogen-bond acceptors (Lipinski definition) is 6. The summed E-state index contributed by atoms with van der Waals surface area (Å²) in [6.45, 7) is 6.71. The molecule has 17 heavy (non-hydrogen) atoms. The van der Waals surface area contributed by atoms with Crippen LogP contribution in [0.4, 0.5) is 4.79 Å². The van der Waals surface area contributed by atoms with Crippen LogP contribution in [0, 0.1) is 0 Å². The molecular weight excluding hydrogens is 244 g/mol. The molecule has 0 aliphatic heterocycles. The van der Waals surface area contributed by atoms with Crippen molar-refractivity contribution in [3.05, 3.63) is 0 Å². The van der Waals surface area contributed by atoms with Crippen molar-refractivity contribution in [2.75, 3.05) is 34.3 Å². The van der Waals surface area contributed by atoms with E-state index in [1.54, 1.807) is 7.05 Å². The van der Waals surface area contributed by atoms with E-state index >= 15 is 0 Å². The SMILES string of the molecule is COOSN(C)CCN(C)C(=O)OC(C)(C)C. The van der Waals surface area contributed by atoms with Gasteiger partial charge in [-0.15, -0.1) is 4.33 Å². The Morgan fingerprint density at radius 3 is 2.29 bits per heavy atom. The van der Waals surface area contributed by atoms with Crippen molar-refractivity contribution in [1.82, 2.24) is 9.21 Å².